The Morgan fingerprint density at radius 2 is 2.06 bits per heavy atom. The summed E-state index contributed by atoms with van der Waals surface area (Å²) < 4.78 is 10.9. The summed E-state index contributed by atoms with van der Waals surface area (Å²) in [7, 11) is 1.46. The maximum Gasteiger partial charge on any atom is 0.339 e. The molecule has 1 aromatic carbocycles. The average molecular weight is 236 g/mol. The molecule has 0 spiro atoms. The van der Waals surface area contributed by atoms with E-state index in [0.717, 1.165) is 12.8 Å². The van der Waals surface area contributed by atoms with Crippen LogP contribution < -0.4 is 9.47 Å². The van der Waals surface area contributed by atoms with E-state index in [9.17, 15) is 4.79 Å². The van der Waals surface area contributed by atoms with E-state index in [-0.39, 0.29) is 11.7 Å². The van der Waals surface area contributed by atoms with Gasteiger partial charge in [0.15, 0.2) is 11.5 Å². The van der Waals surface area contributed by atoms with Gasteiger partial charge in [-0.1, -0.05) is 6.07 Å². The lowest BCUT2D eigenvalue weighted by Crippen LogP contribution is -2.12. The second-order valence-corrected chi connectivity index (χ2v) is 4.17. The molecule has 4 heteroatoms. The predicted octanol–water partition coefficient (Wildman–Crippen LogP) is 2.71. The van der Waals surface area contributed by atoms with Crippen LogP contribution in [0, 0.1) is 0 Å². The molecule has 92 valence electrons. The van der Waals surface area contributed by atoms with Crippen LogP contribution in [0.25, 0.3) is 0 Å². The minimum Gasteiger partial charge on any atom is -0.492 e. The lowest BCUT2D eigenvalue weighted by Gasteiger charge is -2.16. The summed E-state index contributed by atoms with van der Waals surface area (Å²) in [4.78, 5) is 11.0. The Hall–Kier alpha value is -1.71. The molecule has 17 heavy (non-hydrogen) atoms. The summed E-state index contributed by atoms with van der Waals surface area (Å²) in [5.74, 6) is -0.162. The molecule has 2 rings (SSSR count). The van der Waals surface area contributed by atoms with Gasteiger partial charge in [0, 0.05) is 0 Å². The minimum atomic E-state index is -1.00. The van der Waals surface area contributed by atoms with Crippen molar-refractivity contribution in [2.24, 2.45) is 0 Å². The number of rotatable bonds is 4. The Kier molecular flexibility index (Phi) is 3.52. The van der Waals surface area contributed by atoms with E-state index < -0.39 is 5.97 Å². The number of carboxylic acid groups (broad SMARTS) is 1. The zero-order valence-corrected chi connectivity index (χ0v) is 9.81. The first-order valence-corrected chi connectivity index (χ1v) is 5.79. The van der Waals surface area contributed by atoms with Gasteiger partial charge in [-0.25, -0.2) is 4.79 Å². The van der Waals surface area contributed by atoms with Crippen molar-refractivity contribution < 1.29 is 19.4 Å². The summed E-state index contributed by atoms with van der Waals surface area (Å²) in [5, 5.41) is 9.05. The third-order valence-electron chi connectivity index (χ3n) is 3.01. The molecule has 1 aromatic rings. The van der Waals surface area contributed by atoms with Gasteiger partial charge in [0.2, 0.25) is 0 Å². The summed E-state index contributed by atoms with van der Waals surface area (Å²) in [6, 6.07) is 4.95. The third-order valence-corrected chi connectivity index (χ3v) is 3.01. The Bertz CT molecular complexity index is 408. The van der Waals surface area contributed by atoms with Gasteiger partial charge in [0.25, 0.3) is 0 Å². The Balaban J connectivity index is 2.25. The average Bonchev–Trinajstić information content (AvgIpc) is 2.81. The van der Waals surface area contributed by atoms with E-state index in [2.05, 4.69) is 0 Å². The molecule has 0 radical (unpaired) electrons. The van der Waals surface area contributed by atoms with Crippen molar-refractivity contribution in [3.05, 3.63) is 23.8 Å². The maximum atomic E-state index is 11.0. The van der Waals surface area contributed by atoms with Crippen LogP contribution in [0.2, 0.25) is 0 Å². The number of aromatic carboxylic acids is 1. The minimum absolute atomic E-state index is 0.142. The van der Waals surface area contributed by atoms with Crippen molar-refractivity contribution in [3.8, 4) is 11.5 Å². The zero-order valence-electron chi connectivity index (χ0n) is 9.81. The van der Waals surface area contributed by atoms with Crippen LogP contribution in [0.1, 0.15) is 36.0 Å². The largest absolute Gasteiger partial charge is 0.492 e. The molecule has 1 aliphatic rings. The first-order valence-electron chi connectivity index (χ1n) is 5.79. The van der Waals surface area contributed by atoms with E-state index in [0.29, 0.717) is 11.5 Å². The number of methoxy groups -OCH3 is 1. The van der Waals surface area contributed by atoms with Gasteiger partial charge in [-0.05, 0) is 37.8 Å². The second-order valence-electron chi connectivity index (χ2n) is 4.17. The summed E-state index contributed by atoms with van der Waals surface area (Å²) in [5.41, 5.74) is 0.142. The van der Waals surface area contributed by atoms with E-state index in [1.54, 1.807) is 12.1 Å². The van der Waals surface area contributed by atoms with Gasteiger partial charge in [-0.2, -0.15) is 0 Å². The lowest BCUT2D eigenvalue weighted by molar-refractivity contribution is 0.0691. The van der Waals surface area contributed by atoms with Gasteiger partial charge in [0.1, 0.15) is 5.56 Å². The molecule has 0 atom stereocenters. The van der Waals surface area contributed by atoms with Crippen molar-refractivity contribution in [3.63, 3.8) is 0 Å². The van der Waals surface area contributed by atoms with Crippen molar-refractivity contribution in [2.75, 3.05) is 7.11 Å². The number of hydrogen-bond acceptors (Lipinski definition) is 3. The molecular formula is C13H16O4. The monoisotopic (exact) mass is 236 g/mol. The number of ether oxygens (including phenoxy) is 2. The SMILES string of the molecule is COc1c(OC2CCCC2)cccc1C(=O)O. The van der Waals surface area contributed by atoms with Crippen molar-refractivity contribution in [2.45, 2.75) is 31.8 Å². The molecule has 1 N–H and O–H groups in total. The molecule has 1 aliphatic carbocycles. The van der Waals surface area contributed by atoms with Crippen molar-refractivity contribution in [1.29, 1.82) is 0 Å². The van der Waals surface area contributed by atoms with Crippen LogP contribution in [0.3, 0.4) is 0 Å². The van der Waals surface area contributed by atoms with Crippen LogP contribution in [0.4, 0.5) is 0 Å². The van der Waals surface area contributed by atoms with E-state index in [1.807, 2.05) is 0 Å². The van der Waals surface area contributed by atoms with Gasteiger partial charge in [-0.3, -0.25) is 0 Å². The fourth-order valence-electron chi connectivity index (χ4n) is 2.17. The molecule has 4 nitrogen and oxygen atoms in total. The van der Waals surface area contributed by atoms with Gasteiger partial charge < -0.3 is 14.6 Å². The molecular weight excluding hydrogens is 220 g/mol. The molecule has 0 aliphatic heterocycles. The molecule has 1 fully saturated rings. The molecule has 0 aromatic heterocycles. The van der Waals surface area contributed by atoms with Crippen molar-refractivity contribution in [1.82, 2.24) is 0 Å². The summed E-state index contributed by atoms with van der Waals surface area (Å²) in [6.45, 7) is 0. The Morgan fingerprint density at radius 1 is 1.35 bits per heavy atom. The van der Waals surface area contributed by atoms with Crippen LogP contribution in [-0.2, 0) is 0 Å². The fraction of sp³-hybridized carbons (Fsp3) is 0.462. The molecule has 0 unspecified atom stereocenters. The highest BCUT2D eigenvalue weighted by Crippen LogP contribution is 2.34. The third kappa shape index (κ3) is 2.52. The highest BCUT2D eigenvalue weighted by Gasteiger charge is 2.21. The summed E-state index contributed by atoms with van der Waals surface area (Å²) in [6.07, 6.45) is 4.59. The quantitative estimate of drug-likeness (QED) is 0.873. The van der Waals surface area contributed by atoms with Crippen molar-refractivity contribution >= 4 is 5.97 Å². The van der Waals surface area contributed by atoms with Gasteiger partial charge in [0.05, 0.1) is 13.2 Å². The summed E-state index contributed by atoms with van der Waals surface area (Å²) >= 11 is 0. The highest BCUT2D eigenvalue weighted by atomic mass is 16.5. The lowest BCUT2D eigenvalue weighted by atomic mass is 10.2. The molecule has 0 saturated heterocycles. The number of para-hydroxylation sites is 1. The standard InChI is InChI=1S/C13H16O4/c1-16-12-10(13(14)15)7-4-8-11(12)17-9-5-2-3-6-9/h4,7-9H,2-3,5-6H2,1H3,(H,14,15). The predicted molar refractivity (Wildman–Crippen MR) is 62.8 cm³/mol. The van der Waals surface area contributed by atoms with Crippen LogP contribution >= 0.6 is 0 Å². The van der Waals surface area contributed by atoms with E-state index in [1.165, 1.54) is 26.0 Å². The zero-order chi connectivity index (χ0) is 12.3. The Morgan fingerprint density at radius 3 is 2.65 bits per heavy atom. The first-order chi connectivity index (χ1) is 8.22. The smallest absolute Gasteiger partial charge is 0.339 e. The molecule has 1 saturated carbocycles. The normalized spacial score (nSPS) is 15.8. The highest BCUT2D eigenvalue weighted by molar-refractivity contribution is 5.92. The molecule has 0 heterocycles. The van der Waals surface area contributed by atoms with Gasteiger partial charge in [-0.15, -0.1) is 0 Å². The van der Waals surface area contributed by atoms with E-state index in [4.69, 9.17) is 14.6 Å². The maximum absolute atomic E-state index is 11.0. The molecule has 0 amide bonds. The number of hydrogen-bond donors (Lipinski definition) is 1. The fourth-order valence-corrected chi connectivity index (χ4v) is 2.17. The number of carbonyl (C=O) groups is 1. The van der Waals surface area contributed by atoms with Crippen LogP contribution in [0.5, 0.6) is 11.5 Å². The molecule has 0 bridgehead atoms. The number of carboxylic acids is 1. The van der Waals surface area contributed by atoms with Gasteiger partial charge >= 0.3 is 5.97 Å². The van der Waals surface area contributed by atoms with Crippen LogP contribution in [-0.4, -0.2) is 24.3 Å². The topological polar surface area (TPSA) is 55.8 Å². The second kappa shape index (κ2) is 5.08. The number of benzene rings is 1. The van der Waals surface area contributed by atoms with E-state index >= 15 is 0 Å². The van der Waals surface area contributed by atoms with Crippen LogP contribution in [0.15, 0.2) is 18.2 Å². The Labute approximate surface area is 100 Å². The first kappa shape index (κ1) is 11.8.